The zero-order valence-corrected chi connectivity index (χ0v) is 20.7. The first kappa shape index (κ1) is 24.6. The van der Waals surface area contributed by atoms with Crippen LogP contribution in [0.4, 0.5) is 5.69 Å². The molecule has 4 aromatic carbocycles. The van der Waals surface area contributed by atoms with Crippen LogP contribution in [0.1, 0.15) is 15.9 Å². The SMILES string of the molecule is CS(=O)(=O)N(Cc1ccc(C(=O)NCCOc2cccc3ccccc23)cc1)c1cccc(Cl)c1. The van der Waals surface area contributed by atoms with Gasteiger partial charge in [0.25, 0.3) is 5.91 Å². The van der Waals surface area contributed by atoms with Gasteiger partial charge in [0.05, 0.1) is 25.0 Å². The fraction of sp³-hybridized carbons (Fsp3) is 0.148. The average molecular weight is 509 g/mol. The second-order valence-corrected chi connectivity index (χ2v) is 10.4. The van der Waals surface area contributed by atoms with E-state index in [4.69, 9.17) is 16.3 Å². The maximum atomic E-state index is 12.5. The van der Waals surface area contributed by atoms with Crippen LogP contribution in [0.25, 0.3) is 10.8 Å². The van der Waals surface area contributed by atoms with Crippen molar-refractivity contribution in [1.82, 2.24) is 5.32 Å². The molecule has 0 fully saturated rings. The van der Waals surface area contributed by atoms with Crippen molar-refractivity contribution in [2.75, 3.05) is 23.7 Å². The quantitative estimate of drug-likeness (QED) is 0.312. The van der Waals surface area contributed by atoms with Crippen molar-refractivity contribution in [3.8, 4) is 5.75 Å². The van der Waals surface area contributed by atoms with Gasteiger partial charge in [0.2, 0.25) is 10.0 Å². The van der Waals surface area contributed by atoms with Gasteiger partial charge in [-0.2, -0.15) is 0 Å². The molecule has 0 aliphatic heterocycles. The van der Waals surface area contributed by atoms with Gasteiger partial charge in [-0.15, -0.1) is 0 Å². The van der Waals surface area contributed by atoms with Gasteiger partial charge < -0.3 is 10.1 Å². The third-order valence-corrected chi connectivity index (χ3v) is 6.81. The highest BCUT2D eigenvalue weighted by Gasteiger charge is 2.18. The third kappa shape index (κ3) is 6.32. The zero-order valence-electron chi connectivity index (χ0n) is 19.1. The summed E-state index contributed by atoms with van der Waals surface area (Å²) in [6, 6.07) is 27.4. The number of hydrogen-bond acceptors (Lipinski definition) is 4. The van der Waals surface area contributed by atoms with E-state index < -0.39 is 10.0 Å². The number of fused-ring (bicyclic) bond motifs is 1. The lowest BCUT2D eigenvalue weighted by Crippen LogP contribution is -2.29. The summed E-state index contributed by atoms with van der Waals surface area (Å²) in [5.41, 5.74) is 1.70. The molecule has 0 atom stereocenters. The molecule has 6 nitrogen and oxygen atoms in total. The number of nitrogens with zero attached hydrogens (tertiary/aromatic N) is 1. The first-order valence-corrected chi connectivity index (χ1v) is 13.2. The van der Waals surface area contributed by atoms with E-state index in [9.17, 15) is 13.2 Å². The smallest absolute Gasteiger partial charge is 0.251 e. The molecule has 0 saturated heterocycles. The Labute approximate surface area is 210 Å². The van der Waals surface area contributed by atoms with E-state index in [1.54, 1.807) is 48.5 Å². The van der Waals surface area contributed by atoms with Gasteiger partial charge in [0.1, 0.15) is 12.4 Å². The van der Waals surface area contributed by atoms with Gasteiger partial charge in [-0.05, 0) is 47.3 Å². The molecular weight excluding hydrogens is 484 g/mol. The topological polar surface area (TPSA) is 75.7 Å². The molecule has 0 saturated carbocycles. The number of anilines is 1. The Kier molecular flexibility index (Phi) is 7.58. The minimum absolute atomic E-state index is 0.125. The van der Waals surface area contributed by atoms with Gasteiger partial charge >= 0.3 is 0 Å². The summed E-state index contributed by atoms with van der Waals surface area (Å²) < 4.78 is 31.8. The summed E-state index contributed by atoms with van der Waals surface area (Å²) in [6.45, 7) is 0.807. The van der Waals surface area contributed by atoms with Crippen molar-refractivity contribution >= 4 is 44.0 Å². The van der Waals surface area contributed by atoms with Crippen LogP contribution in [0, 0.1) is 0 Å². The van der Waals surface area contributed by atoms with Crippen molar-refractivity contribution in [3.63, 3.8) is 0 Å². The van der Waals surface area contributed by atoms with Crippen LogP contribution >= 0.6 is 11.6 Å². The zero-order chi connectivity index (χ0) is 24.8. The molecule has 1 amide bonds. The summed E-state index contributed by atoms with van der Waals surface area (Å²) in [7, 11) is -3.53. The molecule has 1 N–H and O–H groups in total. The van der Waals surface area contributed by atoms with Crippen molar-refractivity contribution in [2.24, 2.45) is 0 Å². The van der Waals surface area contributed by atoms with Crippen molar-refractivity contribution < 1.29 is 17.9 Å². The van der Waals surface area contributed by atoms with E-state index in [0.717, 1.165) is 28.3 Å². The molecule has 8 heteroatoms. The first-order valence-electron chi connectivity index (χ1n) is 11.0. The Hall–Kier alpha value is -3.55. The summed E-state index contributed by atoms with van der Waals surface area (Å²) in [4.78, 5) is 12.5. The highest BCUT2D eigenvalue weighted by molar-refractivity contribution is 7.92. The number of nitrogens with one attached hydrogen (secondary N) is 1. The Bertz CT molecular complexity index is 1430. The van der Waals surface area contributed by atoms with Gasteiger partial charge in [-0.25, -0.2) is 8.42 Å². The standard InChI is InChI=1S/C27H25ClN2O4S/c1-35(32,33)30(24-9-5-8-23(28)18-24)19-20-12-14-22(15-13-20)27(31)29-16-17-34-26-11-4-7-21-6-2-3-10-25(21)26/h2-15,18H,16-17,19H2,1H3,(H,29,31). The molecule has 0 aromatic heterocycles. The molecule has 0 unspecified atom stereocenters. The maximum Gasteiger partial charge on any atom is 0.251 e. The van der Waals surface area contributed by atoms with Crippen LogP contribution in [-0.4, -0.2) is 33.7 Å². The van der Waals surface area contributed by atoms with E-state index in [0.29, 0.717) is 29.4 Å². The predicted molar refractivity (Wildman–Crippen MR) is 141 cm³/mol. The summed E-state index contributed by atoms with van der Waals surface area (Å²) in [6.07, 6.45) is 1.15. The van der Waals surface area contributed by atoms with Gasteiger partial charge in [-0.3, -0.25) is 9.10 Å². The molecule has 4 rings (SSSR count). The Morgan fingerprint density at radius 2 is 1.66 bits per heavy atom. The first-order chi connectivity index (χ1) is 16.8. The van der Waals surface area contributed by atoms with Gasteiger partial charge in [-0.1, -0.05) is 66.2 Å². The number of amides is 1. The lowest BCUT2D eigenvalue weighted by Gasteiger charge is -2.22. The van der Waals surface area contributed by atoms with Crippen molar-refractivity contribution in [2.45, 2.75) is 6.54 Å². The van der Waals surface area contributed by atoms with Crippen LogP contribution < -0.4 is 14.4 Å². The Morgan fingerprint density at radius 1 is 0.943 bits per heavy atom. The molecule has 0 aliphatic carbocycles. The molecule has 4 aromatic rings. The van der Waals surface area contributed by atoms with E-state index in [2.05, 4.69) is 5.32 Å². The van der Waals surface area contributed by atoms with Gasteiger partial charge in [0, 0.05) is 16.0 Å². The normalized spacial score (nSPS) is 11.3. The second kappa shape index (κ2) is 10.8. The molecule has 0 spiro atoms. The number of hydrogen-bond donors (Lipinski definition) is 1. The summed E-state index contributed by atoms with van der Waals surface area (Å²) in [5, 5.41) is 5.42. The lowest BCUT2D eigenvalue weighted by atomic mass is 10.1. The van der Waals surface area contributed by atoms with Crippen LogP contribution in [0.15, 0.2) is 91.0 Å². The number of halogens is 1. The molecule has 35 heavy (non-hydrogen) atoms. The molecular formula is C27H25ClN2O4S. The van der Waals surface area contributed by atoms with Crippen molar-refractivity contribution in [1.29, 1.82) is 0 Å². The minimum atomic E-state index is -3.53. The number of benzene rings is 4. The van der Waals surface area contributed by atoms with Crippen LogP contribution in [0.2, 0.25) is 5.02 Å². The van der Waals surface area contributed by atoms with E-state index in [1.807, 2.05) is 42.5 Å². The largest absolute Gasteiger partial charge is 0.491 e. The summed E-state index contributed by atoms with van der Waals surface area (Å²) >= 11 is 6.04. The molecule has 0 aliphatic rings. The molecule has 0 heterocycles. The average Bonchev–Trinajstić information content (AvgIpc) is 2.84. The molecule has 0 bridgehead atoms. The molecule has 0 radical (unpaired) electrons. The second-order valence-electron chi connectivity index (χ2n) is 8.03. The number of sulfonamides is 1. The van der Waals surface area contributed by atoms with Crippen molar-refractivity contribution in [3.05, 3.63) is 107 Å². The minimum Gasteiger partial charge on any atom is -0.491 e. The molecule has 180 valence electrons. The number of carbonyl (C=O) groups excluding carboxylic acids is 1. The number of rotatable bonds is 9. The summed E-state index contributed by atoms with van der Waals surface area (Å²) in [5.74, 6) is 0.546. The van der Waals surface area contributed by atoms with E-state index in [1.165, 1.54) is 4.31 Å². The van der Waals surface area contributed by atoms with E-state index in [-0.39, 0.29) is 12.5 Å². The fourth-order valence-corrected chi connectivity index (χ4v) is 4.77. The van der Waals surface area contributed by atoms with E-state index >= 15 is 0 Å². The van der Waals surface area contributed by atoms with Crippen LogP contribution in [0.3, 0.4) is 0 Å². The highest BCUT2D eigenvalue weighted by Crippen LogP contribution is 2.25. The Morgan fingerprint density at radius 3 is 2.40 bits per heavy atom. The third-order valence-electron chi connectivity index (χ3n) is 5.43. The maximum absolute atomic E-state index is 12.5. The van der Waals surface area contributed by atoms with Crippen LogP contribution in [0.5, 0.6) is 5.75 Å². The van der Waals surface area contributed by atoms with Gasteiger partial charge in [0.15, 0.2) is 0 Å². The lowest BCUT2D eigenvalue weighted by molar-refractivity contribution is 0.0947. The highest BCUT2D eigenvalue weighted by atomic mass is 35.5. The number of ether oxygens (including phenoxy) is 1. The fourth-order valence-electron chi connectivity index (χ4n) is 3.71. The Balaban J connectivity index is 1.34. The monoisotopic (exact) mass is 508 g/mol. The predicted octanol–water partition coefficient (Wildman–Crippen LogP) is 5.27. The van der Waals surface area contributed by atoms with Crippen LogP contribution in [-0.2, 0) is 16.6 Å². The number of carbonyl (C=O) groups is 1.